The average molecular weight is 566 g/mol. The number of pyridine rings is 1. The lowest BCUT2D eigenvalue weighted by atomic mass is 10.1. The third-order valence-electron chi connectivity index (χ3n) is 8.81. The first-order chi connectivity index (χ1) is 21.8. The summed E-state index contributed by atoms with van der Waals surface area (Å²) in [6, 6.07) is 44.2. The van der Waals surface area contributed by atoms with Gasteiger partial charge >= 0.3 is 0 Å². The van der Waals surface area contributed by atoms with Crippen molar-refractivity contribution in [1.29, 1.82) is 0 Å². The van der Waals surface area contributed by atoms with Gasteiger partial charge in [-0.2, -0.15) is 0 Å². The van der Waals surface area contributed by atoms with Crippen LogP contribution in [0.3, 0.4) is 0 Å². The van der Waals surface area contributed by atoms with Gasteiger partial charge in [0.1, 0.15) is 28.3 Å². The quantitative estimate of drug-likeness (QED) is 0.200. The van der Waals surface area contributed by atoms with Crippen LogP contribution in [0.15, 0.2) is 144 Å². The zero-order valence-corrected chi connectivity index (χ0v) is 23.4. The number of furan rings is 1. The van der Waals surface area contributed by atoms with Crippen molar-refractivity contribution < 1.29 is 9.15 Å². The van der Waals surface area contributed by atoms with Gasteiger partial charge in [0.2, 0.25) is 0 Å². The van der Waals surface area contributed by atoms with Crippen LogP contribution in [0.5, 0.6) is 11.5 Å². The molecule has 4 aromatic heterocycles. The maximum absolute atomic E-state index is 6.53. The Kier molecular flexibility index (Phi) is 4.66. The van der Waals surface area contributed by atoms with Gasteiger partial charge in [0.25, 0.3) is 0 Å². The molecule has 5 nitrogen and oxygen atoms in total. The predicted molar refractivity (Wildman–Crippen MR) is 178 cm³/mol. The molecule has 0 saturated carbocycles. The molecule has 0 fully saturated rings. The summed E-state index contributed by atoms with van der Waals surface area (Å²) >= 11 is 0. The lowest BCUT2D eigenvalue weighted by Gasteiger charge is -2.13. The fourth-order valence-corrected chi connectivity index (χ4v) is 6.90. The molecular formula is C39H23N3O2. The van der Waals surface area contributed by atoms with Gasteiger partial charge in [0, 0.05) is 62.5 Å². The van der Waals surface area contributed by atoms with Crippen LogP contribution < -0.4 is 4.74 Å². The van der Waals surface area contributed by atoms with Crippen LogP contribution in [0.1, 0.15) is 0 Å². The molecule has 0 amide bonds. The van der Waals surface area contributed by atoms with Crippen LogP contribution in [0.4, 0.5) is 0 Å². The van der Waals surface area contributed by atoms with E-state index in [9.17, 15) is 0 Å². The van der Waals surface area contributed by atoms with Crippen molar-refractivity contribution in [2.75, 3.05) is 0 Å². The Morgan fingerprint density at radius 2 is 1.27 bits per heavy atom. The number of para-hydroxylation sites is 3. The zero-order valence-electron chi connectivity index (χ0n) is 23.4. The van der Waals surface area contributed by atoms with E-state index in [0.29, 0.717) is 0 Å². The number of fused-ring (bicyclic) bond motifs is 12. The second-order valence-electron chi connectivity index (χ2n) is 11.3. The number of imidazole rings is 1. The summed E-state index contributed by atoms with van der Waals surface area (Å²) in [5.74, 6) is 1.53. The highest BCUT2D eigenvalue weighted by Gasteiger charge is 2.17. The molecule has 0 saturated heterocycles. The van der Waals surface area contributed by atoms with Crippen LogP contribution in [0, 0.1) is 0 Å². The minimum Gasteiger partial charge on any atom is -0.457 e. The second kappa shape index (κ2) is 8.72. The minimum atomic E-state index is 0.762. The number of aromatic nitrogens is 3. The summed E-state index contributed by atoms with van der Waals surface area (Å²) in [6.07, 6.45) is 3.86. The van der Waals surface area contributed by atoms with E-state index in [0.717, 1.165) is 72.1 Å². The molecule has 0 aliphatic carbocycles. The van der Waals surface area contributed by atoms with Gasteiger partial charge in [-0.15, -0.1) is 0 Å². The topological polar surface area (TPSA) is 44.6 Å². The first-order valence-corrected chi connectivity index (χ1v) is 14.7. The van der Waals surface area contributed by atoms with E-state index in [1.165, 1.54) is 16.2 Å². The van der Waals surface area contributed by atoms with Crippen molar-refractivity contribution >= 4 is 71.1 Å². The highest BCUT2D eigenvalue weighted by atomic mass is 16.5. The largest absolute Gasteiger partial charge is 0.457 e. The minimum absolute atomic E-state index is 0.762. The summed E-state index contributed by atoms with van der Waals surface area (Å²) in [5.41, 5.74) is 7.08. The fraction of sp³-hybridized carbons (Fsp3) is 0. The van der Waals surface area contributed by atoms with E-state index >= 15 is 0 Å². The second-order valence-corrected chi connectivity index (χ2v) is 11.3. The van der Waals surface area contributed by atoms with Crippen molar-refractivity contribution in [3.8, 4) is 17.2 Å². The van der Waals surface area contributed by atoms with E-state index < -0.39 is 0 Å². The molecule has 0 bridgehead atoms. The Hall–Kier alpha value is -6.07. The lowest BCUT2D eigenvalue weighted by Crippen LogP contribution is -1.95. The highest BCUT2D eigenvalue weighted by Crippen LogP contribution is 2.39. The van der Waals surface area contributed by atoms with Gasteiger partial charge < -0.3 is 13.7 Å². The number of hydrogen-bond acceptors (Lipinski definition) is 3. The molecule has 206 valence electrons. The summed E-state index contributed by atoms with van der Waals surface area (Å²) < 4.78 is 17.3. The van der Waals surface area contributed by atoms with Crippen LogP contribution in [0.2, 0.25) is 0 Å². The molecular weight excluding hydrogens is 542 g/mol. The molecule has 0 aliphatic heterocycles. The molecule has 0 radical (unpaired) electrons. The summed E-state index contributed by atoms with van der Waals surface area (Å²) in [6.45, 7) is 0. The van der Waals surface area contributed by atoms with Crippen LogP contribution >= 0.6 is 0 Å². The predicted octanol–water partition coefficient (Wildman–Crippen LogP) is 10.4. The van der Waals surface area contributed by atoms with Crippen LogP contribution in [-0.2, 0) is 0 Å². The van der Waals surface area contributed by atoms with Crippen molar-refractivity contribution in [2.24, 2.45) is 0 Å². The molecule has 0 unspecified atom stereocenters. The van der Waals surface area contributed by atoms with E-state index in [-0.39, 0.29) is 0 Å². The molecule has 4 heterocycles. The molecule has 6 aromatic carbocycles. The maximum Gasteiger partial charge on any atom is 0.145 e. The number of rotatable bonds is 3. The van der Waals surface area contributed by atoms with Crippen molar-refractivity contribution in [3.63, 3.8) is 0 Å². The van der Waals surface area contributed by atoms with Crippen molar-refractivity contribution in [1.82, 2.24) is 14.0 Å². The van der Waals surface area contributed by atoms with E-state index in [4.69, 9.17) is 9.15 Å². The Balaban J connectivity index is 1.13. The Morgan fingerprint density at radius 1 is 0.500 bits per heavy atom. The monoisotopic (exact) mass is 565 g/mol. The Labute approximate surface area is 250 Å². The van der Waals surface area contributed by atoms with Gasteiger partial charge in [-0.05, 0) is 60.0 Å². The smallest absolute Gasteiger partial charge is 0.145 e. The number of benzene rings is 6. The highest BCUT2D eigenvalue weighted by molar-refractivity contribution is 6.17. The standard InChI is InChI=1S/C39H23N3O2/c1-4-13-34-28(10-1)27-17-16-26(21-33(27)39-40-18-19-41(34)39)43-25-9-7-8-24(20-25)42-35-14-5-2-11-29(35)31-22-32-30-12-3-6-15-37(30)44-38(32)23-36(31)42/h1-23H. The van der Waals surface area contributed by atoms with Crippen LogP contribution in [-0.4, -0.2) is 14.0 Å². The molecule has 0 atom stereocenters. The van der Waals surface area contributed by atoms with Gasteiger partial charge in [-0.3, -0.25) is 4.40 Å². The summed E-state index contributed by atoms with van der Waals surface area (Å²) in [4.78, 5) is 4.68. The SMILES string of the molecule is c1cc(Oc2ccc3c4ccccc4n4ccnc4c3c2)cc(-n2c3ccccc3c3cc4c(cc32)oc2ccccc24)c1. The average Bonchev–Trinajstić information content (AvgIpc) is 3.78. The molecule has 5 heteroatoms. The van der Waals surface area contributed by atoms with E-state index in [1.54, 1.807) is 0 Å². The summed E-state index contributed by atoms with van der Waals surface area (Å²) in [7, 11) is 0. The Morgan fingerprint density at radius 3 is 2.18 bits per heavy atom. The number of nitrogens with zero attached hydrogens (tertiary/aromatic N) is 3. The molecule has 0 spiro atoms. The normalized spacial score (nSPS) is 12.1. The Bertz CT molecular complexity index is 2760. The lowest BCUT2D eigenvalue weighted by molar-refractivity contribution is 0.483. The van der Waals surface area contributed by atoms with Gasteiger partial charge in [0.15, 0.2) is 0 Å². The number of ether oxygens (including phenoxy) is 1. The fourth-order valence-electron chi connectivity index (χ4n) is 6.90. The summed E-state index contributed by atoms with van der Waals surface area (Å²) in [5, 5.41) is 8.05. The van der Waals surface area contributed by atoms with Gasteiger partial charge in [-0.25, -0.2) is 4.98 Å². The molecule has 0 N–H and O–H groups in total. The third kappa shape index (κ3) is 3.26. The third-order valence-corrected chi connectivity index (χ3v) is 8.81. The van der Waals surface area contributed by atoms with Gasteiger partial charge in [-0.1, -0.05) is 60.7 Å². The first-order valence-electron chi connectivity index (χ1n) is 14.7. The first kappa shape index (κ1) is 23.5. The molecule has 10 rings (SSSR count). The van der Waals surface area contributed by atoms with E-state index in [2.05, 4.69) is 111 Å². The maximum atomic E-state index is 6.53. The van der Waals surface area contributed by atoms with Crippen molar-refractivity contribution in [3.05, 3.63) is 140 Å². The van der Waals surface area contributed by atoms with Crippen molar-refractivity contribution in [2.45, 2.75) is 0 Å². The van der Waals surface area contributed by atoms with Gasteiger partial charge in [0.05, 0.1) is 16.6 Å². The number of hydrogen-bond donors (Lipinski definition) is 0. The van der Waals surface area contributed by atoms with Crippen LogP contribution in [0.25, 0.3) is 76.8 Å². The molecule has 10 aromatic rings. The molecule has 44 heavy (non-hydrogen) atoms. The zero-order chi connectivity index (χ0) is 28.8. The molecule has 0 aliphatic rings. The van der Waals surface area contributed by atoms with E-state index in [1.807, 2.05) is 42.7 Å².